The maximum Gasteiger partial charge on any atom is 0.343 e. The Morgan fingerprint density at radius 3 is 2.30 bits per heavy atom. The molecule has 2 aromatic carbocycles. The molecule has 3 aromatic rings. The molecule has 0 saturated carbocycles. The molecule has 0 amide bonds. The van der Waals surface area contributed by atoms with Crippen molar-refractivity contribution in [3.63, 3.8) is 0 Å². The Balaban J connectivity index is 1.94. The minimum Gasteiger partial charge on any atom is -0.463 e. The van der Waals surface area contributed by atoms with E-state index in [1.807, 2.05) is 12.1 Å². The minimum atomic E-state index is -0.532. The largest absolute Gasteiger partial charge is 0.463 e. The van der Waals surface area contributed by atoms with Gasteiger partial charge >= 0.3 is 17.6 Å². The molecule has 0 radical (unpaired) electrons. The summed E-state index contributed by atoms with van der Waals surface area (Å²) in [5.41, 5.74) is 2.70. The van der Waals surface area contributed by atoms with Gasteiger partial charge < -0.3 is 13.9 Å². The molecule has 0 fully saturated rings. The van der Waals surface area contributed by atoms with Gasteiger partial charge in [-0.15, -0.1) is 0 Å². The van der Waals surface area contributed by atoms with Crippen LogP contribution in [0.15, 0.2) is 51.7 Å². The van der Waals surface area contributed by atoms with Crippen LogP contribution < -0.4 is 10.4 Å². The third kappa shape index (κ3) is 6.09. The van der Waals surface area contributed by atoms with Crippen LogP contribution in [0.1, 0.15) is 68.1 Å². The third-order valence-electron chi connectivity index (χ3n) is 5.29. The lowest BCUT2D eigenvalue weighted by molar-refractivity contribution is -0.147. The monoisotopic (exact) mass is 450 g/mol. The lowest BCUT2D eigenvalue weighted by atomic mass is 9.87. The van der Waals surface area contributed by atoms with Gasteiger partial charge in [-0.25, -0.2) is 9.59 Å². The number of carbonyl (C=O) groups excluding carboxylic acids is 2. The Morgan fingerprint density at radius 2 is 1.70 bits per heavy atom. The number of esters is 2. The van der Waals surface area contributed by atoms with Gasteiger partial charge in [-0.05, 0) is 67.5 Å². The Kier molecular flexibility index (Phi) is 7.06. The van der Waals surface area contributed by atoms with Crippen molar-refractivity contribution in [3.8, 4) is 5.75 Å². The van der Waals surface area contributed by atoms with Crippen LogP contribution in [0.4, 0.5) is 0 Å². The molecule has 33 heavy (non-hydrogen) atoms. The molecule has 0 aliphatic carbocycles. The van der Waals surface area contributed by atoms with E-state index in [2.05, 4.69) is 20.8 Å². The average Bonchev–Trinajstić information content (AvgIpc) is 2.71. The fourth-order valence-corrected chi connectivity index (χ4v) is 3.51. The normalized spacial score (nSPS) is 11.6. The van der Waals surface area contributed by atoms with Crippen LogP contribution in [0, 0.1) is 6.92 Å². The fraction of sp³-hybridized carbons (Fsp3) is 0.370. The highest BCUT2D eigenvalue weighted by molar-refractivity contribution is 5.92. The van der Waals surface area contributed by atoms with E-state index in [0.29, 0.717) is 23.1 Å². The van der Waals surface area contributed by atoms with E-state index >= 15 is 0 Å². The quantitative estimate of drug-likeness (QED) is 0.280. The average molecular weight is 451 g/mol. The standard InChI is InChI=1S/C27H30O6/c1-16(2)31-24(28)12-9-19-14-21-17(3)13-25(29)32-23(21)15-22(19)33-26(30)18-7-10-20(11-8-18)27(4,5)6/h7-8,10-11,13-16H,9,12H2,1-6H3. The van der Waals surface area contributed by atoms with Crippen molar-refractivity contribution in [3.05, 3.63) is 75.1 Å². The van der Waals surface area contributed by atoms with Gasteiger partial charge in [-0.3, -0.25) is 4.79 Å². The van der Waals surface area contributed by atoms with Gasteiger partial charge in [0.25, 0.3) is 0 Å². The lowest BCUT2D eigenvalue weighted by Crippen LogP contribution is -2.14. The number of benzene rings is 2. The van der Waals surface area contributed by atoms with Crippen LogP contribution >= 0.6 is 0 Å². The molecule has 0 unspecified atom stereocenters. The third-order valence-corrected chi connectivity index (χ3v) is 5.29. The number of rotatable bonds is 6. The minimum absolute atomic E-state index is 0.0338. The first-order chi connectivity index (χ1) is 15.4. The molecule has 0 atom stereocenters. The molecule has 0 aliphatic heterocycles. The molecule has 3 rings (SSSR count). The molecule has 0 aliphatic rings. The number of hydrogen-bond donors (Lipinski definition) is 0. The van der Waals surface area contributed by atoms with Crippen molar-refractivity contribution in [2.45, 2.75) is 65.9 Å². The molecule has 1 heterocycles. The van der Waals surface area contributed by atoms with E-state index in [9.17, 15) is 14.4 Å². The smallest absolute Gasteiger partial charge is 0.343 e. The van der Waals surface area contributed by atoms with Crippen LogP contribution in [0.2, 0.25) is 0 Å². The summed E-state index contributed by atoms with van der Waals surface area (Å²) in [4.78, 5) is 36.8. The molecule has 0 saturated heterocycles. The van der Waals surface area contributed by atoms with E-state index in [4.69, 9.17) is 13.9 Å². The van der Waals surface area contributed by atoms with E-state index in [1.165, 1.54) is 12.1 Å². The predicted molar refractivity (Wildman–Crippen MR) is 127 cm³/mol. The van der Waals surface area contributed by atoms with E-state index < -0.39 is 11.6 Å². The zero-order chi connectivity index (χ0) is 24.3. The second-order valence-electron chi connectivity index (χ2n) is 9.46. The van der Waals surface area contributed by atoms with E-state index in [1.54, 1.807) is 39.0 Å². The first kappa shape index (κ1) is 24.2. The predicted octanol–water partition coefficient (Wildman–Crippen LogP) is 5.50. The summed E-state index contributed by atoms with van der Waals surface area (Å²) in [6.45, 7) is 11.7. The number of fused-ring (bicyclic) bond motifs is 1. The Hall–Kier alpha value is -3.41. The Bertz CT molecular complexity index is 1230. The molecule has 0 bridgehead atoms. The summed E-state index contributed by atoms with van der Waals surface area (Å²) < 4.78 is 16.2. The number of hydrogen-bond acceptors (Lipinski definition) is 6. The number of ether oxygens (including phenoxy) is 2. The highest BCUT2D eigenvalue weighted by Gasteiger charge is 2.18. The SMILES string of the molecule is Cc1cc(=O)oc2cc(OC(=O)c3ccc(C(C)(C)C)cc3)c(CCC(=O)OC(C)C)cc12. The van der Waals surface area contributed by atoms with Crippen molar-refractivity contribution in [2.75, 3.05) is 0 Å². The molecule has 6 nitrogen and oxygen atoms in total. The summed E-state index contributed by atoms with van der Waals surface area (Å²) in [5, 5.41) is 0.719. The van der Waals surface area contributed by atoms with E-state index in [-0.39, 0.29) is 29.7 Å². The first-order valence-electron chi connectivity index (χ1n) is 11.0. The summed E-state index contributed by atoms with van der Waals surface area (Å²) in [6, 6.07) is 12.0. The van der Waals surface area contributed by atoms with Crippen molar-refractivity contribution >= 4 is 22.9 Å². The van der Waals surface area contributed by atoms with Gasteiger partial charge in [0.1, 0.15) is 11.3 Å². The first-order valence-corrected chi connectivity index (χ1v) is 11.0. The zero-order valence-electron chi connectivity index (χ0n) is 20.0. The molecule has 1 aromatic heterocycles. The van der Waals surface area contributed by atoms with Crippen LogP contribution in [-0.2, 0) is 21.4 Å². The maximum absolute atomic E-state index is 12.9. The van der Waals surface area contributed by atoms with E-state index in [0.717, 1.165) is 16.5 Å². The molecular weight excluding hydrogens is 420 g/mol. The molecule has 174 valence electrons. The second kappa shape index (κ2) is 9.61. The van der Waals surface area contributed by atoms with Gasteiger partial charge in [0, 0.05) is 23.9 Å². The van der Waals surface area contributed by atoms with Gasteiger partial charge in [-0.2, -0.15) is 0 Å². The topological polar surface area (TPSA) is 82.8 Å². The molecule has 0 N–H and O–H groups in total. The number of aryl methyl sites for hydroxylation is 2. The highest BCUT2D eigenvalue weighted by Crippen LogP contribution is 2.30. The summed E-state index contributed by atoms with van der Waals surface area (Å²) in [6.07, 6.45) is 0.231. The fourth-order valence-electron chi connectivity index (χ4n) is 3.51. The number of carbonyl (C=O) groups is 2. The molecular formula is C27H30O6. The van der Waals surface area contributed by atoms with Crippen molar-refractivity contribution < 1.29 is 23.5 Å². The maximum atomic E-state index is 12.9. The zero-order valence-corrected chi connectivity index (χ0v) is 20.0. The van der Waals surface area contributed by atoms with Gasteiger partial charge in [0.2, 0.25) is 0 Å². The Morgan fingerprint density at radius 1 is 1.03 bits per heavy atom. The van der Waals surface area contributed by atoms with Crippen LogP contribution in [0.5, 0.6) is 5.75 Å². The van der Waals surface area contributed by atoms with Crippen molar-refractivity contribution in [1.29, 1.82) is 0 Å². The molecule has 0 spiro atoms. The molecule has 6 heteroatoms. The Labute approximate surface area is 193 Å². The second-order valence-corrected chi connectivity index (χ2v) is 9.46. The van der Waals surface area contributed by atoms with Crippen LogP contribution in [-0.4, -0.2) is 18.0 Å². The highest BCUT2D eigenvalue weighted by atomic mass is 16.5. The van der Waals surface area contributed by atoms with Crippen LogP contribution in [0.3, 0.4) is 0 Å². The van der Waals surface area contributed by atoms with Crippen molar-refractivity contribution in [1.82, 2.24) is 0 Å². The van der Waals surface area contributed by atoms with Gasteiger partial charge in [0.05, 0.1) is 11.7 Å². The summed E-state index contributed by atoms with van der Waals surface area (Å²) >= 11 is 0. The van der Waals surface area contributed by atoms with Gasteiger partial charge in [-0.1, -0.05) is 32.9 Å². The van der Waals surface area contributed by atoms with Crippen LogP contribution in [0.25, 0.3) is 11.0 Å². The summed E-state index contributed by atoms with van der Waals surface area (Å²) in [5.74, 6) is -0.620. The van der Waals surface area contributed by atoms with Gasteiger partial charge in [0.15, 0.2) is 0 Å². The lowest BCUT2D eigenvalue weighted by Gasteiger charge is -2.19. The summed E-state index contributed by atoms with van der Waals surface area (Å²) in [7, 11) is 0. The van der Waals surface area contributed by atoms with Crippen molar-refractivity contribution in [2.24, 2.45) is 0 Å².